The van der Waals surface area contributed by atoms with Crippen molar-refractivity contribution in [1.29, 1.82) is 0 Å². The number of aliphatic hydroxyl groups is 11. The van der Waals surface area contributed by atoms with E-state index < -0.39 is 146 Å². The Hall–Kier alpha value is -1.96. The van der Waals surface area contributed by atoms with Crippen LogP contribution in [0.25, 0.3) is 0 Å². The van der Waals surface area contributed by atoms with E-state index in [0.717, 1.165) is 19.3 Å². The Morgan fingerprint density at radius 3 is 2.03 bits per heavy atom. The summed E-state index contributed by atoms with van der Waals surface area (Å²) in [6.45, 7) is 14.5. The van der Waals surface area contributed by atoms with E-state index >= 15 is 4.79 Å². The second-order valence-corrected chi connectivity index (χ2v) is 23.5. The molecule has 20 nitrogen and oxygen atoms in total. The van der Waals surface area contributed by atoms with E-state index in [-0.39, 0.29) is 47.0 Å². The molecule has 0 aromatic rings. The second-order valence-electron chi connectivity index (χ2n) is 23.5. The van der Waals surface area contributed by atoms with E-state index in [1.807, 2.05) is 6.92 Å². The van der Waals surface area contributed by atoms with Crippen molar-refractivity contribution < 1.29 is 98.9 Å². The molecular weight excluding hydrogens is 921 g/mol. The van der Waals surface area contributed by atoms with Crippen molar-refractivity contribution in [2.24, 2.45) is 56.7 Å². The summed E-state index contributed by atoms with van der Waals surface area (Å²) in [6, 6.07) is 0. The average molecular weight is 1000 g/mol. The van der Waals surface area contributed by atoms with Crippen LogP contribution in [0.5, 0.6) is 0 Å². The minimum Gasteiger partial charge on any atom is -0.465 e. The highest BCUT2D eigenvalue weighted by Crippen LogP contribution is 2.76. The summed E-state index contributed by atoms with van der Waals surface area (Å²) < 4.78 is 40.3. The Labute approximate surface area is 409 Å². The van der Waals surface area contributed by atoms with Gasteiger partial charge in [-0.25, -0.2) is 0 Å². The molecule has 11 N–H and O–H groups in total. The van der Waals surface area contributed by atoms with Gasteiger partial charge in [0, 0.05) is 12.3 Å². The lowest BCUT2D eigenvalue weighted by Gasteiger charge is -2.71. The van der Waals surface area contributed by atoms with Crippen LogP contribution in [-0.2, 0) is 42.7 Å². The molecule has 0 amide bonds. The highest BCUT2D eigenvalue weighted by Gasteiger charge is 2.71. The summed E-state index contributed by atoms with van der Waals surface area (Å²) in [4.78, 5) is 27.1. The van der Waals surface area contributed by atoms with Crippen LogP contribution >= 0.6 is 0 Å². The molecule has 0 aromatic heterocycles. The lowest BCUT2D eigenvalue weighted by Crippen LogP contribution is -2.68. The van der Waals surface area contributed by atoms with Crippen molar-refractivity contribution in [3.8, 4) is 0 Å². The maximum absolute atomic E-state index is 15.1. The minimum atomic E-state index is -1.87. The van der Waals surface area contributed by atoms with Crippen LogP contribution in [-0.4, -0.2) is 192 Å². The summed E-state index contributed by atoms with van der Waals surface area (Å²) >= 11 is 0. The summed E-state index contributed by atoms with van der Waals surface area (Å²) in [5.74, 6) is -0.966. The number of hydrogen-bond donors (Lipinski definition) is 11. The largest absolute Gasteiger partial charge is 0.465 e. The maximum atomic E-state index is 15.1. The molecule has 0 radical (unpaired) electrons. The van der Waals surface area contributed by atoms with Crippen molar-refractivity contribution in [2.75, 3.05) is 19.8 Å². The van der Waals surface area contributed by atoms with Crippen LogP contribution in [0.4, 0.5) is 0 Å². The van der Waals surface area contributed by atoms with Crippen LogP contribution in [0.3, 0.4) is 0 Å². The molecule has 20 heteroatoms. The Morgan fingerprint density at radius 2 is 1.36 bits per heavy atom. The quantitative estimate of drug-likeness (QED) is 0.0974. The standard InChI is InChI=1S/C50H80O20/c1-21-11-14-50(16-15-48(7)25(31(50)22(21)2)9-10-30-46(5)17-26(53)41(62)47(6,20-65-24(4)52)29(46)12-13-49(30,48)8)45(63)70-44-38(60)35(57)33(55)28(68-44)19-64-42-39(61)36(58)40(27(18-51)67-42)69-43-37(59)34(56)32(54)23(3)66-43/h9,21-23,26-44,51,53-62H,10-20H2,1-8H3/t21-,22+,23+,26-,27-,28-,29-,30-,31+,32+,33-,34-,35+,36-,37-,38-,39-,40-,41+,42-,43+,44+,46+,47+,48-,49-,50+/m1/s1. The summed E-state index contributed by atoms with van der Waals surface area (Å²) in [5, 5.41) is 120. The van der Waals surface area contributed by atoms with Crippen molar-refractivity contribution in [2.45, 2.75) is 211 Å². The van der Waals surface area contributed by atoms with E-state index in [1.165, 1.54) is 19.4 Å². The third kappa shape index (κ3) is 8.52. The number of esters is 2. The lowest BCUT2D eigenvalue weighted by atomic mass is 9.33. The van der Waals surface area contributed by atoms with Gasteiger partial charge in [0.25, 0.3) is 0 Å². The van der Waals surface area contributed by atoms with Crippen molar-refractivity contribution in [1.82, 2.24) is 0 Å². The minimum absolute atomic E-state index is 0.00228. The predicted molar refractivity (Wildman–Crippen MR) is 241 cm³/mol. The van der Waals surface area contributed by atoms with Gasteiger partial charge in [0.2, 0.25) is 6.29 Å². The first-order valence-corrected chi connectivity index (χ1v) is 25.4. The highest BCUT2D eigenvalue weighted by molar-refractivity contribution is 5.79. The van der Waals surface area contributed by atoms with Gasteiger partial charge in [-0.3, -0.25) is 9.59 Å². The fourth-order valence-electron chi connectivity index (χ4n) is 15.4. The molecule has 5 aliphatic carbocycles. The summed E-state index contributed by atoms with van der Waals surface area (Å²) in [5.41, 5.74) is -1.79. The number of fused-ring (bicyclic) bond motifs is 7. The third-order valence-corrected chi connectivity index (χ3v) is 20.0. The number of rotatable bonds is 10. The molecule has 3 heterocycles. The van der Waals surface area contributed by atoms with Gasteiger partial charge < -0.3 is 89.3 Å². The number of ether oxygens (including phenoxy) is 7. The Kier molecular flexibility index (Phi) is 15.2. The molecule has 4 saturated carbocycles. The number of carbonyl (C=O) groups excluding carboxylic acids is 2. The van der Waals surface area contributed by atoms with E-state index in [1.54, 1.807) is 0 Å². The molecule has 3 saturated heterocycles. The Morgan fingerprint density at radius 1 is 0.714 bits per heavy atom. The summed E-state index contributed by atoms with van der Waals surface area (Å²) in [7, 11) is 0. The average Bonchev–Trinajstić information content (AvgIpc) is 3.31. The predicted octanol–water partition coefficient (Wildman–Crippen LogP) is -0.462. The third-order valence-electron chi connectivity index (χ3n) is 20.0. The van der Waals surface area contributed by atoms with Gasteiger partial charge in [0.05, 0.1) is 43.5 Å². The van der Waals surface area contributed by atoms with Gasteiger partial charge in [-0.05, 0) is 104 Å². The van der Waals surface area contributed by atoms with Crippen molar-refractivity contribution >= 4 is 11.9 Å². The number of hydrogen-bond acceptors (Lipinski definition) is 20. The topological polar surface area (TPSA) is 321 Å². The molecule has 7 fully saturated rings. The zero-order valence-electron chi connectivity index (χ0n) is 41.7. The molecule has 8 rings (SSSR count). The molecule has 0 unspecified atom stereocenters. The van der Waals surface area contributed by atoms with Gasteiger partial charge >= 0.3 is 11.9 Å². The molecule has 27 atom stereocenters. The molecule has 8 aliphatic rings. The zero-order valence-corrected chi connectivity index (χ0v) is 41.7. The van der Waals surface area contributed by atoms with Gasteiger partial charge in [-0.1, -0.05) is 53.2 Å². The maximum Gasteiger partial charge on any atom is 0.315 e. The van der Waals surface area contributed by atoms with Gasteiger partial charge in [0.15, 0.2) is 12.6 Å². The van der Waals surface area contributed by atoms with E-state index in [9.17, 15) is 61.0 Å². The normalized spacial score (nSPS) is 54.6. The molecule has 0 spiro atoms. The first-order valence-electron chi connectivity index (χ1n) is 25.4. The first kappa shape index (κ1) is 54.3. The van der Waals surface area contributed by atoms with Crippen LogP contribution < -0.4 is 0 Å². The zero-order chi connectivity index (χ0) is 51.4. The van der Waals surface area contributed by atoms with E-state index in [4.69, 9.17) is 33.2 Å². The summed E-state index contributed by atoms with van der Waals surface area (Å²) in [6.07, 6.45) is -19.3. The smallest absolute Gasteiger partial charge is 0.315 e. The van der Waals surface area contributed by atoms with Gasteiger partial charge in [-0.2, -0.15) is 0 Å². The van der Waals surface area contributed by atoms with Gasteiger partial charge in [-0.15, -0.1) is 0 Å². The molecule has 0 aromatic carbocycles. The molecule has 70 heavy (non-hydrogen) atoms. The number of aliphatic hydroxyl groups excluding tert-OH is 11. The monoisotopic (exact) mass is 1000 g/mol. The second kappa shape index (κ2) is 19.6. The van der Waals surface area contributed by atoms with E-state index in [0.29, 0.717) is 32.1 Å². The van der Waals surface area contributed by atoms with E-state index in [2.05, 4.69) is 40.7 Å². The Bertz CT molecular complexity index is 1940. The fourth-order valence-corrected chi connectivity index (χ4v) is 15.4. The highest BCUT2D eigenvalue weighted by atomic mass is 16.8. The van der Waals surface area contributed by atoms with Gasteiger partial charge in [0.1, 0.15) is 67.1 Å². The van der Waals surface area contributed by atoms with Crippen LogP contribution in [0.1, 0.15) is 107 Å². The molecular formula is C50H80O20. The molecule has 3 aliphatic heterocycles. The van der Waals surface area contributed by atoms with Crippen molar-refractivity contribution in [3.05, 3.63) is 11.6 Å². The molecule has 0 bridgehead atoms. The van der Waals surface area contributed by atoms with Crippen LogP contribution in [0.2, 0.25) is 0 Å². The van der Waals surface area contributed by atoms with Crippen molar-refractivity contribution in [3.63, 3.8) is 0 Å². The number of carbonyl (C=O) groups is 2. The SMILES string of the molecule is CC(=O)OC[C@@]1(C)[C@@H]2CC[C@]3(C)[C@H](CC=C4[C@@H]5[C@@H](C)[C@H](C)CC[C@]5(C(=O)O[C@@H]5O[C@H](CO[C@@H]6O[C@H](CO)[C@@H](O[C@@H]7O[C@@H](C)[C@H](O)[C@@H](O)[C@H]7O)[C@H](O)[C@H]6O)[C@@H](O)[C@H](O)[C@H]5O)CC[C@]43C)[C@@]2(C)C[C@@H](O)[C@@H]1O. The van der Waals surface area contributed by atoms with Crippen LogP contribution in [0, 0.1) is 56.7 Å². The number of allylic oxidation sites excluding steroid dienone is 2. The lowest BCUT2D eigenvalue weighted by molar-refractivity contribution is -0.361. The fraction of sp³-hybridized carbons (Fsp3) is 0.920. The van der Waals surface area contributed by atoms with Crippen LogP contribution in [0.15, 0.2) is 11.6 Å². The Balaban J connectivity index is 0.989. The molecule has 400 valence electrons. The first-order chi connectivity index (χ1) is 32.7.